The van der Waals surface area contributed by atoms with Gasteiger partial charge in [0, 0.05) is 23.9 Å². The standard InChI is InChI=1S/C16H17N3O2/c1-3-19-14-5-4-11(9-20)7-13(14)18-15(19)12-6-10(2)16(21)17-8-12/h4-8,20H,3,9H2,1-2H3,(H,17,21). The zero-order chi connectivity index (χ0) is 15.0. The molecule has 0 unspecified atom stereocenters. The zero-order valence-corrected chi connectivity index (χ0v) is 12.1. The molecular formula is C16H17N3O2. The molecule has 2 aromatic heterocycles. The molecule has 0 radical (unpaired) electrons. The summed E-state index contributed by atoms with van der Waals surface area (Å²) in [6.07, 6.45) is 1.69. The van der Waals surface area contributed by atoms with Crippen LogP contribution in [0.5, 0.6) is 0 Å². The van der Waals surface area contributed by atoms with Gasteiger partial charge in [0.25, 0.3) is 5.56 Å². The largest absolute Gasteiger partial charge is 0.392 e. The van der Waals surface area contributed by atoms with Gasteiger partial charge in [0.2, 0.25) is 0 Å². The summed E-state index contributed by atoms with van der Waals surface area (Å²) in [4.78, 5) is 18.9. The number of nitrogens with zero attached hydrogens (tertiary/aromatic N) is 2. The SMILES string of the molecule is CCn1c(-c2c[nH]c(=O)c(C)c2)nc2cc(CO)ccc21. The first-order chi connectivity index (χ1) is 10.1. The maximum Gasteiger partial charge on any atom is 0.250 e. The molecule has 0 aliphatic carbocycles. The number of aliphatic hydroxyl groups is 1. The molecule has 0 spiro atoms. The Morgan fingerprint density at radius 1 is 1.33 bits per heavy atom. The van der Waals surface area contributed by atoms with Crippen LogP contribution in [0.2, 0.25) is 0 Å². The van der Waals surface area contributed by atoms with E-state index in [1.807, 2.05) is 24.3 Å². The maximum atomic E-state index is 11.5. The van der Waals surface area contributed by atoms with Gasteiger partial charge in [-0.1, -0.05) is 6.07 Å². The fourth-order valence-electron chi connectivity index (χ4n) is 2.54. The number of benzene rings is 1. The molecule has 2 heterocycles. The summed E-state index contributed by atoms with van der Waals surface area (Å²) in [6.45, 7) is 4.62. The molecular weight excluding hydrogens is 266 g/mol. The number of fused-ring (bicyclic) bond motifs is 1. The second-order valence-corrected chi connectivity index (χ2v) is 5.06. The Balaban J connectivity index is 2.25. The lowest BCUT2D eigenvalue weighted by atomic mass is 10.2. The number of aliphatic hydroxyl groups excluding tert-OH is 1. The van der Waals surface area contributed by atoms with Crippen LogP contribution < -0.4 is 5.56 Å². The molecule has 1 aromatic carbocycles. The lowest BCUT2D eigenvalue weighted by Gasteiger charge is -2.06. The Morgan fingerprint density at radius 3 is 2.81 bits per heavy atom. The minimum atomic E-state index is -0.0829. The van der Waals surface area contributed by atoms with Crippen LogP contribution in [0.3, 0.4) is 0 Å². The Hall–Kier alpha value is -2.40. The third-order valence-electron chi connectivity index (χ3n) is 3.66. The second-order valence-electron chi connectivity index (χ2n) is 5.06. The van der Waals surface area contributed by atoms with Gasteiger partial charge in [-0.2, -0.15) is 0 Å². The van der Waals surface area contributed by atoms with Crippen molar-refractivity contribution in [2.75, 3.05) is 0 Å². The number of rotatable bonds is 3. The lowest BCUT2D eigenvalue weighted by molar-refractivity contribution is 0.282. The van der Waals surface area contributed by atoms with E-state index in [9.17, 15) is 9.90 Å². The Bertz CT molecular complexity index is 862. The highest BCUT2D eigenvalue weighted by molar-refractivity contribution is 5.81. The molecule has 0 amide bonds. The molecule has 5 heteroatoms. The Morgan fingerprint density at radius 2 is 2.14 bits per heavy atom. The highest BCUT2D eigenvalue weighted by atomic mass is 16.3. The zero-order valence-electron chi connectivity index (χ0n) is 12.1. The third-order valence-corrected chi connectivity index (χ3v) is 3.66. The highest BCUT2D eigenvalue weighted by Crippen LogP contribution is 2.25. The molecule has 0 saturated heterocycles. The number of aryl methyl sites for hydroxylation is 2. The van der Waals surface area contributed by atoms with Crippen molar-refractivity contribution in [2.24, 2.45) is 0 Å². The van der Waals surface area contributed by atoms with Gasteiger partial charge < -0.3 is 14.7 Å². The fraction of sp³-hybridized carbons (Fsp3) is 0.250. The quantitative estimate of drug-likeness (QED) is 0.774. The van der Waals surface area contributed by atoms with Crippen LogP contribution in [0.4, 0.5) is 0 Å². The summed E-state index contributed by atoms with van der Waals surface area (Å²) in [6, 6.07) is 7.61. The van der Waals surface area contributed by atoms with E-state index < -0.39 is 0 Å². The summed E-state index contributed by atoms with van der Waals surface area (Å²) in [5.74, 6) is 0.821. The van der Waals surface area contributed by atoms with Crippen molar-refractivity contribution < 1.29 is 5.11 Å². The van der Waals surface area contributed by atoms with E-state index in [1.54, 1.807) is 13.1 Å². The van der Waals surface area contributed by atoms with Crippen LogP contribution in [0.25, 0.3) is 22.4 Å². The minimum absolute atomic E-state index is 0.00201. The van der Waals surface area contributed by atoms with Crippen molar-refractivity contribution in [3.8, 4) is 11.4 Å². The van der Waals surface area contributed by atoms with E-state index in [1.165, 1.54) is 0 Å². The number of aromatic amines is 1. The first-order valence-corrected chi connectivity index (χ1v) is 6.93. The van der Waals surface area contributed by atoms with Crippen LogP contribution in [-0.4, -0.2) is 19.6 Å². The average Bonchev–Trinajstić information content (AvgIpc) is 2.87. The van der Waals surface area contributed by atoms with E-state index in [4.69, 9.17) is 0 Å². The van der Waals surface area contributed by atoms with Crippen molar-refractivity contribution in [2.45, 2.75) is 27.0 Å². The molecule has 0 saturated carbocycles. The molecule has 3 aromatic rings. The molecule has 21 heavy (non-hydrogen) atoms. The number of hydrogen-bond acceptors (Lipinski definition) is 3. The van der Waals surface area contributed by atoms with E-state index in [2.05, 4.69) is 21.5 Å². The highest BCUT2D eigenvalue weighted by Gasteiger charge is 2.12. The average molecular weight is 283 g/mol. The van der Waals surface area contributed by atoms with E-state index in [0.717, 1.165) is 34.5 Å². The van der Waals surface area contributed by atoms with Crippen LogP contribution in [-0.2, 0) is 13.2 Å². The first-order valence-electron chi connectivity index (χ1n) is 6.93. The molecule has 0 aliphatic heterocycles. The predicted octanol–water partition coefficient (Wildman–Crippen LogP) is 2.21. The fourth-order valence-corrected chi connectivity index (χ4v) is 2.54. The van der Waals surface area contributed by atoms with Gasteiger partial charge in [0.15, 0.2) is 0 Å². The number of nitrogens with one attached hydrogen (secondary N) is 1. The van der Waals surface area contributed by atoms with Crippen molar-refractivity contribution >= 4 is 11.0 Å². The Kier molecular flexibility index (Phi) is 3.35. The number of aromatic nitrogens is 3. The molecule has 0 atom stereocenters. The van der Waals surface area contributed by atoms with Crippen LogP contribution >= 0.6 is 0 Å². The number of pyridine rings is 1. The van der Waals surface area contributed by atoms with E-state index in [0.29, 0.717) is 5.56 Å². The maximum absolute atomic E-state index is 11.5. The lowest BCUT2D eigenvalue weighted by Crippen LogP contribution is -2.09. The van der Waals surface area contributed by atoms with Crippen LogP contribution in [0.15, 0.2) is 35.3 Å². The molecule has 108 valence electrons. The molecule has 2 N–H and O–H groups in total. The van der Waals surface area contributed by atoms with Crippen molar-refractivity contribution in [1.29, 1.82) is 0 Å². The van der Waals surface area contributed by atoms with Crippen LogP contribution in [0, 0.1) is 6.92 Å². The first kappa shape index (κ1) is 13.6. The van der Waals surface area contributed by atoms with Gasteiger partial charge in [0.1, 0.15) is 5.82 Å². The summed E-state index contributed by atoms with van der Waals surface area (Å²) in [5, 5.41) is 9.24. The van der Waals surface area contributed by atoms with E-state index in [-0.39, 0.29) is 12.2 Å². The number of hydrogen-bond donors (Lipinski definition) is 2. The van der Waals surface area contributed by atoms with Gasteiger partial charge >= 0.3 is 0 Å². The van der Waals surface area contributed by atoms with Crippen molar-refractivity contribution in [3.05, 3.63) is 51.9 Å². The minimum Gasteiger partial charge on any atom is -0.392 e. The van der Waals surface area contributed by atoms with Gasteiger partial charge in [-0.3, -0.25) is 4.79 Å². The third kappa shape index (κ3) is 2.25. The summed E-state index contributed by atoms with van der Waals surface area (Å²) >= 11 is 0. The van der Waals surface area contributed by atoms with Gasteiger partial charge in [0.05, 0.1) is 17.6 Å². The predicted molar refractivity (Wildman–Crippen MR) is 82.1 cm³/mol. The van der Waals surface area contributed by atoms with Gasteiger partial charge in [-0.05, 0) is 37.6 Å². The molecule has 0 aliphatic rings. The monoisotopic (exact) mass is 283 g/mol. The summed E-state index contributed by atoms with van der Waals surface area (Å²) < 4.78 is 2.10. The normalized spacial score (nSPS) is 11.2. The molecule has 0 bridgehead atoms. The molecule has 3 rings (SSSR count). The Labute approximate surface area is 121 Å². The molecule has 5 nitrogen and oxygen atoms in total. The number of imidazole rings is 1. The smallest absolute Gasteiger partial charge is 0.250 e. The second kappa shape index (κ2) is 5.18. The summed E-state index contributed by atoms with van der Waals surface area (Å²) in [5.41, 5.74) is 4.18. The topological polar surface area (TPSA) is 70.9 Å². The van der Waals surface area contributed by atoms with Crippen LogP contribution in [0.1, 0.15) is 18.1 Å². The van der Waals surface area contributed by atoms with Gasteiger partial charge in [-0.15, -0.1) is 0 Å². The molecule has 0 fully saturated rings. The van der Waals surface area contributed by atoms with Crippen molar-refractivity contribution in [3.63, 3.8) is 0 Å². The number of H-pyrrole nitrogens is 1. The van der Waals surface area contributed by atoms with E-state index >= 15 is 0 Å². The van der Waals surface area contributed by atoms with Crippen molar-refractivity contribution in [1.82, 2.24) is 14.5 Å². The summed E-state index contributed by atoms with van der Waals surface area (Å²) in [7, 11) is 0. The van der Waals surface area contributed by atoms with Gasteiger partial charge in [-0.25, -0.2) is 4.98 Å².